The lowest BCUT2D eigenvalue weighted by molar-refractivity contribution is -0.0675. The second kappa shape index (κ2) is 8.59. The van der Waals surface area contributed by atoms with Crippen LogP contribution >= 0.6 is 0 Å². The molecular weight excluding hydrogens is 402 g/mol. The molecule has 3 rings (SSSR count). The molecule has 0 spiro atoms. The lowest BCUT2D eigenvalue weighted by Crippen LogP contribution is -2.54. The van der Waals surface area contributed by atoms with Crippen LogP contribution in [-0.4, -0.2) is 37.9 Å². The maximum Gasteiger partial charge on any atom is 0.412 e. The first-order valence-electron chi connectivity index (χ1n) is 11.5. The van der Waals surface area contributed by atoms with Gasteiger partial charge in [-0.05, 0) is 68.0 Å². The van der Waals surface area contributed by atoms with Gasteiger partial charge in [0, 0.05) is 13.0 Å². The highest BCUT2D eigenvalue weighted by molar-refractivity contribution is 6.48. The van der Waals surface area contributed by atoms with Crippen molar-refractivity contribution in [2.75, 3.05) is 6.54 Å². The minimum Gasteiger partial charge on any atom is -0.444 e. The van der Waals surface area contributed by atoms with Gasteiger partial charge in [-0.2, -0.15) is 0 Å². The van der Waals surface area contributed by atoms with Crippen molar-refractivity contribution in [2.24, 2.45) is 11.3 Å². The van der Waals surface area contributed by atoms with Crippen molar-refractivity contribution in [3.05, 3.63) is 48.0 Å². The second-order valence-corrected chi connectivity index (χ2v) is 13.6. The largest absolute Gasteiger partial charge is 0.444 e. The van der Waals surface area contributed by atoms with E-state index in [9.17, 15) is 4.79 Å². The highest BCUT2D eigenvalue weighted by atomic mass is 28.3. The van der Waals surface area contributed by atoms with Gasteiger partial charge in [0.2, 0.25) is 0 Å². The molecule has 1 saturated heterocycles. The molecular formula is C26H39NO3Si. The van der Waals surface area contributed by atoms with Crippen LogP contribution in [0, 0.1) is 11.3 Å². The van der Waals surface area contributed by atoms with Gasteiger partial charge in [-0.1, -0.05) is 63.2 Å². The van der Waals surface area contributed by atoms with Gasteiger partial charge in [0.05, 0.1) is 0 Å². The van der Waals surface area contributed by atoms with E-state index >= 15 is 0 Å². The Hall–Kier alpha value is -1.85. The van der Waals surface area contributed by atoms with E-state index in [0.717, 1.165) is 6.42 Å². The van der Waals surface area contributed by atoms with E-state index in [-0.39, 0.29) is 11.5 Å². The number of nitrogens with zero attached hydrogens (tertiary/aromatic N) is 1. The molecule has 0 aromatic heterocycles. The number of hydrogen-bond acceptors (Lipinski definition) is 3. The molecule has 2 aromatic rings. The lowest BCUT2D eigenvalue weighted by atomic mass is 9.78. The minimum absolute atomic E-state index is 0.0721. The molecule has 170 valence electrons. The number of benzene rings is 2. The molecule has 1 heterocycles. The number of carbonyl (C=O) groups excluding carboxylic acids is 1. The molecule has 0 saturated carbocycles. The molecule has 1 aliphatic rings. The Labute approximate surface area is 189 Å². The number of likely N-dealkylation sites (tertiary alicyclic amines) is 1. The second-order valence-electron chi connectivity index (χ2n) is 11.3. The summed E-state index contributed by atoms with van der Waals surface area (Å²) in [5.41, 5.74) is 0.0704. The highest BCUT2D eigenvalue weighted by Crippen LogP contribution is 2.46. The summed E-state index contributed by atoms with van der Waals surface area (Å²) in [6.07, 6.45) is 1.23. The van der Waals surface area contributed by atoms with Gasteiger partial charge in [0.1, 0.15) is 11.3 Å². The number of hydrogen-bond donors (Lipinski definition) is 0. The molecule has 2 atom stereocenters. The van der Waals surface area contributed by atoms with Crippen LogP contribution in [0.3, 0.4) is 0 Å². The molecule has 5 heteroatoms. The van der Waals surface area contributed by atoms with Gasteiger partial charge in [0.15, 0.2) is 9.04 Å². The average Bonchev–Trinajstić information content (AvgIpc) is 2.99. The lowest BCUT2D eigenvalue weighted by Gasteiger charge is -2.41. The van der Waals surface area contributed by atoms with Crippen molar-refractivity contribution in [1.82, 2.24) is 4.90 Å². The van der Waals surface area contributed by atoms with Gasteiger partial charge < -0.3 is 9.16 Å². The topological polar surface area (TPSA) is 38.8 Å². The van der Waals surface area contributed by atoms with E-state index in [2.05, 4.69) is 76.3 Å². The molecule has 0 bridgehead atoms. The summed E-state index contributed by atoms with van der Waals surface area (Å²) in [5, 5.41) is 2.44. The van der Waals surface area contributed by atoms with Crippen molar-refractivity contribution in [2.45, 2.75) is 78.8 Å². The maximum atomic E-state index is 13.4. The molecule has 1 fully saturated rings. The SMILES string of the molecule is C[SiH](C)O[C@@]1(Cc2cccc3ccccc23)C[C@H](C(C)(C)C)CN1C(=O)OC(C)(C)C. The van der Waals surface area contributed by atoms with Gasteiger partial charge in [-0.3, -0.25) is 4.90 Å². The Balaban J connectivity index is 2.08. The average molecular weight is 442 g/mol. The fourth-order valence-corrected chi connectivity index (χ4v) is 5.77. The monoisotopic (exact) mass is 441 g/mol. The number of amides is 1. The van der Waals surface area contributed by atoms with E-state index in [1.165, 1.54) is 16.3 Å². The normalized spacial score (nSPS) is 22.4. The highest BCUT2D eigenvalue weighted by Gasteiger charge is 2.53. The third-order valence-electron chi connectivity index (χ3n) is 6.10. The summed E-state index contributed by atoms with van der Waals surface area (Å²) >= 11 is 0. The Kier molecular flexibility index (Phi) is 6.59. The van der Waals surface area contributed by atoms with Crippen molar-refractivity contribution < 1.29 is 14.0 Å². The summed E-state index contributed by atoms with van der Waals surface area (Å²) in [4.78, 5) is 15.3. The molecule has 31 heavy (non-hydrogen) atoms. The number of carbonyl (C=O) groups is 1. The first kappa shape index (κ1) is 23.8. The van der Waals surface area contributed by atoms with Crippen LogP contribution in [0.4, 0.5) is 4.79 Å². The summed E-state index contributed by atoms with van der Waals surface area (Å²) in [6, 6.07) is 14.9. The van der Waals surface area contributed by atoms with Crippen LogP contribution in [-0.2, 0) is 15.6 Å². The van der Waals surface area contributed by atoms with Crippen LogP contribution < -0.4 is 0 Å². The summed E-state index contributed by atoms with van der Waals surface area (Å²) in [5.74, 6) is 0.336. The van der Waals surface area contributed by atoms with E-state index in [1.54, 1.807) is 0 Å². The van der Waals surface area contributed by atoms with Crippen molar-refractivity contribution >= 4 is 25.9 Å². The van der Waals surface area contributed by atoms with Crippen LogP contribution in [0.25, 0.3) is 10.8 Å². The summed E-state index contributed by atoms with van der Waals surface area (Å²) in [6.45, 7) is 17.6. The molecule has 0 N–H and O–H groups in total. The number of ether oxygens (including phenoxy) is 1. The first-order valence-corrected chi connectivity index (χ1v) is 14.2. The molecule has 0 radical (unpaired) electrons. The van der Waals surface area contributed by atoms with Gasteiger partial charge in [-0.15, -0.1) is 0 Å². The van der Waals surface area contributed by atoms with E-state index in [0.29, 0.717) is 18.9 Å². The van der Waals surface area contributed by atoms with Gasteiger partial charge in [0.25, 0.3) is 0 Å². The van der Waals surface area contributed by atoms with Crippen LogP contribution in [0.5, 0.6) is 0 Å². The number of fused-ring (bicyclic) bond motifs is 1. The molecule has 0 unspecified atom stereocenters. The summed E-state index contributed by atoms with van der Waals surface area (Å²) in [7, 11) is -1.46. The molecule has 1 aliphatic heterocycles. The first-order chi connectivity index (χ1) is 14.3. The predicted molar refractivity (Wildman–Crippen MR) is 131 cm³/mol. The Morgan fingerprint density at radius 3 is 2.32 bits per heavy atom. The zero-order chi connectivity index (χ0) is 23.0. The molecule has 0 aliphatic carbocycles. The third kappa shape index (κ3) is 5.50. The Morgan fingerprint density at radius 2 is 1.71 bits per heavy atom. The molecule has 2 aromatic carbocycles. The quantitative estimate of drug-likeness (QED) is 0.517. The predicted octanol–water partition coefficient (Wildman–Crippen LogP) is 6.38. The minimum atomic E-state index is -1.46. The smallest absolute Gasteiger partial charge is 0.412 e. The van der Waals surface area contributed by atoms with Crippen molar-refractivity contribution in [3.63, 3.8) is 0 Å². The van der Waals surface area contributed by atoms with E-state index < -0.39 is 20.4 Å². The fourth-order valence-electron chi connectivity index (χ4n) is 4.59. The Bertz CT molecular complexity index is 923. The van der Waals surface area contributed by atoms with Crippen molar-refractivity contribution in [3.8, 4) is 0 Å². The van der Waals surface area contributed by atoms with Crippen LogP contribution in [0.2, 0.25) is 13.1 Å². The van der Waals surface area contributed by atoms with Gasteiger partial charge in [-0.25, -0.2) is 4.79 Å². The fraction of sp³-hybridized carbons (Fsp3) is 0.577. The van der Waals surface area contributed by atoms with E-state index in [4.69, 9.17) is 9.16 Å². The van der Waals surface area contributed by atoms with Crippen LogP contribution in [0.1, 0.15) is 53.5 Å². The Morgan fingerprint density at radius 1 is 1.06 bits per heavy atom. The summed E-state index contributed by atoms with van der Waals surface area (Å²) < 4.78 is 12.7. The number of rotatable bonds is 4. The zero-order valence-corrected chi connectivity index (χ0v) is 21.6. The molecule has 4 nitrogen and oxygen atoms in total. The third-order valence-corrected chi connectivity index (χ3v) is 7.01. The standard InChI is InChI=1S/C26H39NO3Si/c1-24(2,3)21-17-26(30-31(7)8,27(18-21)23(28)29-25(4,5)6)16-20-14-11-13-19-12-9-10-15-22(19)20/h9-15,21,31H,16-18H2,1-8H3/t21-,26-/m0/s1. The van der Waals surface area contributed by atoms with Crippen LogP contribution in [0.15, 0.2) is 42.5 Å². The van der Waals surface area contributed by atoms with Gasteiger partial charge >= 0.3 is 6.09 Å². The van der Waals surface area contributed by atoms with Crippen molar-refractivity contribution in [1.29, 1.82) is 0 Å². The maximum absolute atomic E-state index is 13.4. The molecule has 1 amide bonds. The zero-order valence-electron chi connectivity index (χ0n) is 20.5. The van der Waals surface area contributed by atoms with E-state index in [1.807, 2.05) is 25.7 Å².